The number of hydrogen-bond donors (Lipinski definition) is 0. The van der Waals surface area contributed by atoms with Crippen LogP contribution >= 0.6 is 0 Å². The lowest BCUT2D eigenvalue weighted by molar-refractivity contribution is 0.166. The minimum absolute atomic E-state index is 0.694. The molecule has 2 unspecified atom stereocenters. The van der Waals surface area contributed by atoms with Gasteiger partial charge >= 0.3 is 0 Å². The molecule has 14 rings (SSSR count). The predicted octanol–water partition coefficient (Wildman–Crippen LogP) is 17.3. The van der Waals surface area contributed by atoms with E-state index in [1.54, 1.807) is 11.1 Å². The van der Waals surface area contributed by atoms with Crippen molar-refractivity contribution in [3.63, 3.8) is 0 Å². The van der Waals surface area contributed by atoms with Crippen molar-refractivity contribution >= 4 is 0 Å². The van der Waals surface area contributed by atoms with Gasteiger partial charge in [0, 0.05) is 35.3 Å². The maximum absolute atomic E-state index is 5.14. The van der Waals surface area contributed by atoms with Gasteiger partial charge in [0.25, 0.3) is 0 Å². The van der Waals surface area contributed by atoms with Gasteiger partial charge in [-0.25, -0.2) is 0 Å². The second-order valence-electron chi connectivity index (χ2n) is 19.6. The zero-order valence-corrected chi connectivity index (χ0v) is 38.5. The number of rotatable bonds is 9. The molecular formula is C66H51N3. The molecule has 0 aliphatic heterocycles. The molecule has 7 aromatic carbocycles. The fourth-order valence-corrected chi connectivity index (χ4v) is 12.3. The number of nitrogens with zero attached hydrogens (tertiary/aromatic N) is 3. The highest BCUT2D eigenvalue weighted by molar-refractivity contribution is 5.94. The molecule has 2 saturated carbocycles. The number of aromatic nitrogens is 3. The molecule has 3 heterocycles. The van der Waals surface area contributed by atoms with Gasteiger partial charge < -0.3 is 0 Å². The van der Waals surface area contributed by atoms with E-state index in [1.165, 1.54) is 82.2 Å². The first-order valence-electron chi connectivity index (χ1n) is 24.7. The fraction of sp³-hybridized carbons (Fsp3) is 0.136. The Balaban J connectivity index is 0.910. The highest BCUT2D eigenvalue weighted by Crippen LogP contribution is 2.56. The molecule has 3 heteroatoms. The summed E-state index contributed by atoms with van der Waals surface area (Å²) in [5.74, 6) is 3.19. The summed E-state index contributed by atoms with van der Waals surface area (Å²) < 4.78 is 0. The van der Waals surface area contributed by atoms with Crippen molar-refractivity contribution in [1.29, 1.82) is 0 Å². The van der Waals surface area contributed by atoms with Crippen LogP contribution in [0.5, 0.6) is 0 Å². The third kappa shape index (κ3) is 7.88. The monoisotopic (exact) mass is 885 g/mol. The summed E-state index contributed by atoms with van der Waals surface area (Å²) in [7, 11) is 0. The summed E-state index contributed by atoms with van der Waals surface area (Å²) in [5, 5.41) is 0. The van der Waals surface area contributed by atoms with Gasteiger partial charge in [-0.15, -0.1) is 0 Å². The molecule has 2 fully saturated rings. The van der Waals surface area contributed by atoms with Gasteiger partial charge in [0.1, 0.15) is 0 Å². The highest BCUT2D eigenvalue weighted by Gasteiger charge is 2.42. The number of pyridine rings is 3. The first kappa shape index (κ1) is 41.2. The van der Waals surface area contributed by atoms with Crippen molar-refractivity contribution in [2.24, 2.45) is 11.8 Å². The topological polar surface area (TPSA) is 38.7 Å². The van der Waals surface area contributed by atoms with E-state index in [4.69, 9.17) is 4.98 Å². The van der Waals surface area contributed by atoms with E-state index < -0.39 is 0 Å². The molecule has 2 atom stereocenters. The van der Waals surface area contributed by atoms with Gasteiger partial charge in [0.05, 0.1) is 17.1 Å². The van der Waals surface area contributed by atoms with Crippen LogP contribution < -0.4 is 0 Å². The van der Waals surface area contributed by atoms with Crippen LogP contribution in [0.15, 0.2) is 225 Å². The summed E-state index contributed by atoms with van der Waals surface area (Å²) in [5.41, 5.74) is 23.7. The van der Waals surface area contributed by atoms with Crippen LogP contribution in [-0.2, 0) is 0 Å². The molecule has 0 radical (unpaired) electrons. The van der Waals surface area contributed by atoms with Crippen LogP contribution in [0.1, 0.15) is 55.1 Å². The average Bonchev–Trinajstić information content (AvgIpc) is 3.60. The standard InChI is InChI=1S/C66H51N3/c1-4-14-59(56(11-1)45-19-25-48(26-20-45)64-17-7-9-31-67-64)53-38-54(60-15-5-2-12-57(60)46-21-27-49(28-22-46)65-18-8-10-32-68-65)40-55(39-53)61-16-6-3-13-58(61)47-23-29-50(30-24-47)66-41-62-51-34-43-33-44(35-51)37-52(36-43)63(62)42-69-66/h1-32,38-44,51-52H,33-37H2. The van der Waals surface area contributed by atoms with E-state index in [1.807, 2.05) is 36.7 Å². The van der Waals surface area contributed by atoms with Crippen LogP contribution in [0.25, 0.3) is 101 Å². The predicted molar refractivity (Wildman–Crippen MR) is 284 cm³/mol. The fourth-order valence-electron chi connectivity index (χ4n) is 12.3. The van der Waals surface area contributed by atoms with E-state index in [9.17, 15) is 0 Å². The van der Waals surface area contributed by atoms with Crippen LogP contribution in [0.4, 0.5) is 0 Å². The van der Waals surface area contributed by atoms with E-state index in [2.05, 4.69) is 198 Å². The van der Waals surface area contributed by atoms with Crippen LogP contribution in [0.2, 0.25) is 0 Å². The molecule has 4 bridgehead atoms. The molecule has 4 aliphatic carbocycles. The zero-order valence-electron chi connectivity index (χ0n) is 38.5. The van der Waals surface area contributed by atoms with Gasteiger partial charge in [-0.3, -0.25) is 15.0 Å². The Morgan fingerprint density at radius 1 is 0.261 bits per heavy atom. The van der Waals surface area contributed by atoms with E-state index >= 15 is 0 Å². The number of benzene rings is 7. The Kier molecular flexibility index (Phi) is 10.5. The minimum atomic E-state index is 0.694. The van der Waals surface area contributed by atoms with Crippen molar-refractivity contribution in [1.82, 2.24) is 15.0 Å². The number of hydrogen-bond acceptors (Lipinski definition) is 3. The molecule has 0 amide bonds. The second-order valence-corrected chi connectivity index (χ2v) is 19.6. The van der Waals surface area contributed by atoms with Gasteiger partial charge in [0.2, 0.25) is 0 Å². The van der Waals surface area contributed by atoms with Crippen molar-refractivity contribution < 1.29 is 0 Å². The normalized spacial score (nSPS) is 17.9. The molecule has 330 valence electrons. The van der Waals surface area contributed by atoms with Crippen LogP contribution in [-0.4, -0.2) is 15.0 Å². The smallest absolute Gasteiger partial charge is 0.0705 e. The summed E-state index contributed by atoms with van der Waals surface area (Å²) in [4.78, 5) is 14.4. The third-order valence-electron chi connectivity index (χ3n) is 15.4. The Labute approximate surface area is 405 Å². The molecule has 3 nitrogen and oxygen atoms in total. The molecule has 3 aromatic heterocycles. The van der Waals surface area contributed by atoms with E-state index in [0.717, 1.165) is 62.3 Å². The van der Waals surface area contributed by atoms with Gasteiger partial charge in [-0.1, -0.05) is 158 Å². The summed E-state index contributed by atoms with van der Waals surface area (Å²) in [6.45, 7) is 0. The van der Waals surface area contributed by atoms with Gasteiger partial charge in [-0.05, 0) is 182 Å². The third-order valence-corrected chi connectivity index (χ3v) is 15.4. The van der Waals surface area contributed by atoms with E-state index in [-0.39, 0.29) is 0 Å². The van der Waals surface area contributed by atoms with Crippen molar-refractivity contribution in [3.05, 3.63) is 236 Å². The average molecular weight is 886 g/mol. The maximum Gasteiger partial charge on any atom is 0.0705 e. The molecule has 10 aromatic rings. The molecule has 4 aliphatic rings. The van der Waals surface area contributed by atoms with Crippen LogP contribution in [0.3, 0.4) is 0 Å². The summed E-state index contributed by atoms with van der Waals surface area (Å²) in [6.07, 6.45) is 12.8. The first-order valence-corrected chi connectivity index (χ1v) is 24.7. The zero-order chi connectivity index (χ0) is 45.7. The Morgan fingerprint density at radius 2 is 0.594 bits per heavy atom. The largest absolute Gasteiger partial charge is 0.256 e. The van der Waals surface area contributed by atoms with Crippen molar-refractivity contribution in [2.45, 2.75) is 43.9 Å². The Bertz CT molecular complexity index is 3310. The van der Waals surface area contributed by atoms with E-state index in [0.29, 0.717) is 11.8 Å². The first-order chi connectivity index (χ1) is 34.1. The minimum Gasteiger partial charge on any atom is -0.256 e. The lowest BCUT2D eigenvalue weighted by Crippen LogP contribution is -2.25. The second kappa shape index (κ2) is 17.6. The lowest BCUT2D eigenvalue weighted by Gasteiger charge is -2.38. The molecular weight excluding hydrogens is 835 g/mol. The SMILES string of the molecule is c1ccc(-c2ccc(-c3ccccc3-c3cc(-c4ccccc4-c4ccc(-c5ccccn5)cc4)cc(-c4ccccc4-c4ccc(-c5cc6c(cn5)C5CC7CC(C5)CC6C7)cc4)c3)cc2)nc1. The summed E-state index contributed by atoms with van der Waals surface area (Å²) >= 11 is 0. The van der Waals surface area contributed by atoms with Crippen LogP contribution in [0, 0.1) is 11.8 Å². The Hall–Kier alpha value is -8.01. The lowest BCUT2D eigenvalue weighted by atomic mass is 9.67. The molecule has 0 N–H and O–H groups in total. The maximum atomic E-state index is 5.14. The molecule has 0 saturated heterocycles. The molecule has 0 spiro atoms. The van der Waals surface area contributed by atoms with Gasteiger partial charge in [0.15, 0.2) is 0 Å². The van der Waals surface area contributed by atoms with Crippen molar-refractivity contribution in [2.75, 3.05) is 0 Å². The quantitative estimate of drug-likeness (QED) is 0.145. The Morgan fingerprint density at radius 3 is 0.971 bits per heavy atom. The summed E-state index contributed by atoms with van der Waals surface area (Å²) in [6, 6.07) is 75.1. The highest BCUT2D eigenvalue weighted by atomic mass is 14.7. The van der Waals surface area contributed by atoms with Gasteiger partial charge in [-0.2, -0.15) is 0 Å². The van der Waals surface area contributed by atoms with Crippen molar-refractivity contribution in [3.8, 4) is 101 Å². The molecule has 69 heavy (non-hydrogen) atoms.